The van der Waals surface area contributed by atoms with Crippen molar-refractivity contribution in [3.8, 4) is 11.3 Å². The zero-order valence-electron chi connectivity index (χ0n) is 10.3. The van der Waals surface area contributed by atoms with E-state index in [1.807, 2.05) is 18.4 Å². The van der Waals surface area contributed by atoms with Crippen LogP contribution in [0.3, 0.4) is 0 Å². The molecule has 18 heavy (non-hydrogen) atoms. The van der Waals surface area contributed by atoms with Crippen molar-refractivity contribution < 1.29 is 9.13 Å². The summed E-state index contributed by atoms with van der Waals surface area (Å²) in [6, 6.07) is 6.64. The van der Waals surface area contributed by atoms with Crippen LogP contribution in [0.25, 0.3) is 11.3 Å². The van der Waals surface area contributed by atoms with Gasteiger partial charge in [0.15, 0.2) is 5.13 Å². The van der Waals surface area contributed by atoms with E-state index in [1.165, 1.54) is 23.5 Å². The minimum Gasteiger partial charge on any atom is -0.383 e. The molecule has 0 fully saturated rings. The molecule has 0 aliphatic heterocycles. The summed E-state index contributed by atoms with van der Waals surface area (Å²) in [5.74, 6) is -0.247. The largest absolute Gasteiger partial charge is 0.383 e. The van der Waals surface area contributed by atoms with Gasteiger partial charge >= 0.3 is 0 Å². The quantitative estimate of drug-likeness (QED) is 0.900. The molecular weight excluding hydrogens is 251 g/mol. The van der Waals surface area contributed by atoms with Gasteiger partial charge in [-0.05, 0) is 19.1 Å². The number of aromatic nitrogens is 1. The molecule has 0 unspecified atom stereocenters. The van der Waals surface area contributed by atoms with Gasteiger partial charge in [0.05, 0.1) is 12.3 Å². The van der Waals surface area contributed by atoms with E-state index in [4.69, 9.17) is 4.74 Å². The van der Waals surface area contributed by atoms with Gasteiger partial charge in [-0.15, -0.1) is 11.3 Å². The Morgan fingerprint density at radius 1 is 1.50 bits per heavy atom. The predicted molar refractivity (Wildman–Crippen MR) is 72.5 cm³/mol. The first-order valence-electron chi connectivity index (χ1n) is 5.66. The number of benzene rings is 1. The molecule has 0 bridgehead atoms. The van der Waals surface area contributed by atoms with Gasteiger partial charge in [0.2, 0.25) is 0 Å². The smallest absolute Gasteiger partial charge is 0.183 e. The van der Waals surface area contributed by atoms with Crippen molar-refractivity contribution in [2.45, 2.75) is 13.0 Å². The van der Waals surface area contributed by atoms with E-state index in [2.05, 4.69) is 10.3 Å². The molecule has 1 aromatic heterocycles. The van der Waals surface area contributed by atoms with E-state index >= 15 is 0 Å². The summed E-state index contributed by atoms with van der Waals surface area (Å²) in [5, 5.41) is 5.97. The van der Waals surface area contributed by atoms with Crippen LogP contribution in [0.5, 0.6) is 0 Å². The van der Waals surface area contributed by atoms with Crippen molar-refractivity contribution in [3.63, 3.8) is 0 Å². The average molecular weight is 266 g/mol. The number of hydrogen-bond donors (Lipinski definition) is 1. The van der Waals surface area contributed by atoms with E-state index in [0.29, 0.717) is 6.61 Å². The number of halogens is 1. The fourth-order valence-electron chi connectivity index (χ4n) is 1.62. The lowest BCUT2D eigenvalue weighted by Crippen LogP contribution is -2.20. The highest BCUT2D eigenvalue weighted by atomic mass is 32.1. The maximum absolute atomic E-state index is 13.1. The molecule has 0 aliphatic rings. The van der Waals surface area contributed by atoms with E-state index < -0.39 is 0 Å². The lowest BCUT2D eigenvalue weighted by atomic mass is 10.2. The van der Waals surface area contributed by atoms with Gasteiger partial charge in [-0.25, -0.2) is 9.37 Å². The number of thiazole rings is 1. The van der Waals surface area contributed by atoms with Crippen LogP contribution in [-0.2, 0) is 4.74 Å². The van der Waals surface area contributed by atoms with Gasteiger partial charge in [-0.1, -0.05) is 12.1 Å². The Balaban J connectivity index is 2.10. The van der Waals surface area contributed by atoms with Crippen molar-refractivity contribution in [1.29, 1.82) is 0 Å². The first-order chi connectivity index (χ1) is 8.69. The maximum Gasteiger partial charge on any atom is 0.183 e. The Bertz CT molecular complexity index is 515. The van der Waals surface area contributed by atoms with Crippen molar-refractivity contribution in [2.75, 3.05) is 19.0 Å². The van der Waals surface area contributed by atoms with Crippen LogP contribution < -0.4 is 5.32 Å². The molecule has 96 valence electrons. The monoisotopic (exact) mass is 266 g/mol. The third-order valence-corrected chi connectivity index (χ3v) is 3.18. The zero-order valence-corrected chi connectivity index (χ0v) is 11.1. The highest BCUT2D eigenvalue weighted by Gasteiger charge is 2.07. The van der Waals surface area contributed by atoms with E-state index in [0.717, 1.165) is 16.4 Å². The lowest BCUT2D eigenvalue weighted by Gasteiger charge is -2.10. The number of hydrogen-bond acceptors (Lipinski definition) is 4. The van der Waals surface area contributed by atoms with Crippen LogP contribution in [0.4, 0.5) is 9.52 Å². The highest BCUT2D eigenvalue weighted by molar-refractivity contribution is 7.14. The lowest BCUT2D eigenvalue weighted by molar-refractivity contribution is 0.190. The Morgan fingerprint density at radius 2 is 2.33 bits per heavy atom. The van der Waals surface area contributed by atoms with E-state index in [9.17, 15) is 4.39 Å². The van der Waals surface area contributed by atoms with Crippen molar-refractivity contribution in [3.05, 3.63) is 35.5 Å². The minimum atomic E-state index is -0.247. The predicted octanol–water partition coefficient (Wildman–Crippen LogP) is 3.40. The molecule has 2 rings (SSSR count). The molecule has 0 amide bonds. The number of nitrogens with one attached hydrogen (secondary N) is 1. The number of anilines is 1. The fourth-order valence-corrected chi connectivity index (χ4v) is 2.46. The molecule has 0 aliphatic carbocycles. The molecule has 1 heterocycles. The second kappa shape index (κ2) is 5.93. The zero-order chi connectivity index (χ0) is 13.0. The fraction of sp³-hybridized carbons (Fsp3) is 0.308. The number of nitrogens with zero attached hydrogens (tertiary/aromatic N) is 1. The third-order valence-electron chi connectivity index (χ3n) is 2.41. The standard InChI is InChI=1S/C13H15FN2OS/c1-9(7-17-2)15-13-16-12(8-18-13)10-4-3-5-11(14)6-10/h3-6,8-9H,7H2,1-2H3,(H,15,16)/t9-/m0/s1. The molecule has 0 radical (unpaired) electrons. The van der Waals surface area contributed by atoms with Crippen LogP contribution in [0.1, 0.15) is 6.92 Å². The molecule has 3 nitrogen and oxygen atoms in total. The van der Waals surface area contributed by atoms with Crippen molar-refractivity contribution in [1.82, 2.24) is 4.98 Å². The molecule has 5 heteroatoms. The van der Waals surface area contributed by atoms with Gasteiger partial charge in [0.25, 0.3) is 0 Å². The van der Waals surface area contributed by atoms with Crippen LogP contribution in [0.15, 0.2) is 29.6 Å². The SMILES string of the molecule is COC[C@H](C)Nc1nc(-c2cccc(F)c2)cs1. The van der Waals surface area contributed by atoms with Crippen molar-refractivity contribution >= 4 is 16.5 Å². The molecule has 2 aromatic rings. The first kappa shape index (κ1) is 13.0. The summed E-state index contributed by atoms with van der Waals surface area (Å²) >= 11 is 1.50. The number of ether oxygens (including phenoxy) is 1. The maximum atomic E-state index is 13.1. The summed E-state index contributed by atoms with van der Waals surface area (Å²) < 4.78 is 18.2. The van der Waals surface area contributed by atoms with Crippen LogP contribution >= 0.6 is 11.3 Å². The van der Waals surface area contributed by atoms with Gasteiger partial charge in [-0.2, -0.15) is 0 Å². The molecule has 1 aromatic carbocycles. The highest BCUT2D eigenvalue weighted by Crippen LogP contribution is 2.25. The number of rotatable bonds is 5. The van der Waals surface area contributed by atoms with Gasteiger partial charge < -0.3 is 10.1 Å². The average Bonchev–Trinajstić information content (AvgIpc) is 2.78. The summed E-state index contributed by atoms with van der Waals surface area (Å²) in [5.41, 5.74) is 1.57. The molecule has 0 saturated heterocycles. The third kappa shape index (κ3) is 3.27. The number of methoxy groups -OCH3 is 1. The second-order valence-corrected chi connectivity index (χ2v) is 4.91. The summed E-state index contributed by atoms with van der Waals surface area (Å²) in [4.78, 5) is 4.43. The topological polar surface area (TPSA) is 34.1 Å². The van der Waals surface area contributed by atoms with Crippen LogP contribution in [0.2, 0.25) is 0 Å². The second-order valence-electron chi connectivity index (χ2n) is 4.05. The molecule has 1 N–H and O–H groups in total. The van der Waals surface area contributed by atoms with E-state index in [1.54, 1.807) is 13.2 Å². The van der Waals surface area contributed by atoms with Crippen LogP contribution in [-0.4, -0.2) is 24.7 Å². The summed E-state index contributed by atoms with van der Waals surface area (Å²) in [7, 11) is 1.66. The Labute approximate surface area is 110 Å². The normalized spacial score (nSPS) is 12.4. The first-order valence-corrected chi connectivity index (χ1v) is 6.54. The van der Waals surface area contributed by atoms with Gasteiger partial charge in [0.1, 0.15) is 5.82 Å². The molecule has 0 spiro atoms. The van der Waals surface area contributed by atoms with Crippen LogP contribution in [0, 0.1) is 5.82 Å². The molecule has 1 atom stereocenters. The van der Waals surface area contributed by atoms with E-state index in [-0.39, 0.29) is 11.9 Å². The van der Waals surface area contributed by atoms with Gasteiger partial charge in [0, 0.05) is 24.1 Å². The minimum absolute atomic E-state index is 0.196. The molecular formula is C13H15FN2OS. The van der Waals surface area contributed by atoms with Crippen molar-refractivity contribution in [2.24, 2.45) is 0 Å². The Hall–Kier alpha value is -1.46. The Kier molecular flexibility index (Phi) is 4.28. The van der Waals surface area contributed by atoms with Gasteiger partial charge in [-0.3, -0.25) is 0 Å². The summed E-state index contributed by atoms with van der Waals surface area (Å²) in [6.07, 6.45) is 0. The summed E-state index contributed by atoms with van der Waals surface area (Å²) in [6.45, 7) is 2.64. The molecule has 0 saturated carbocycles. The Morgan fingerprint density at radius 3 is 3.06 bits per heavy atom.